The maximum Gasteiger partial charge on any atom is 0.345 e. The number of hydrogen-bond acceptors (Lipinski definition) is 9. The van der Waals surface area contributed by atoms with E-state index in [-0.39, 0.29) is 21.9 Å². The molecule has 0 radical (unpaired) electrons. The summed E-state index contributed by atoms with van der Waals surface area (Å²) in [6.45, 7) is 5.88. The number of benzene rings is 1. The van der Waals surface area contributed by atoms with Gasteiger partial charge >= 0.3 is 5.76 Å². The van der Waals surface area contributed by atoms with Gasteiger partial charge in [0.05, 0.1) is 0 Å². The monoisotopic (exact) mass is 436 g/mol. The van der Waals surface area contributed by atoms with Crippen LogP contribution in [0.2, 0.25) is 0 Å². The molecule has 0 aliphatic heterocycles. The fourth-order valence-electron chi connectivity index (χ4n) is 1.82. The standard InChI is InChI=1S/C15H19F3N6O2S2/c1-15(2,3)12-20-22-14(27-12)21-19-10-7-6-9(24(4)5)8-11(10)23-28(25,26-18)13(16)17/h6-8,13H,1-5H3. The molecule has 154 valence electrons. The molecule has 1 unspecified atom stereocenters. The molecule has 8 nitrogen and oxygen atoms in total. The molecule has 28 heavy (non-hydrogen) atoms. The summed E-state index contributed by atoms with van der Waals surface area (Å²) >= 11 is 1.21. The number of anilines is 1. The van der Waals surface area contributed by atoms with Crippen molar-refractivity contribution in [3.05, 3.63) is 23.2 Å². The van der Waals surface area contributed by atoms with Crippen LogP contribution in [-0.4, -0.2) is 34.3 Å². The Labute approximate surface area is 164 Å². The van der Waals surface area contributed by atoms with Crippen LogP contribution in [0.25, 0.3) is 0 Å². The molecule has 0 aliphatic rings. The Morgan fingerprint density at radius 1 is 1.18 bits per heavy atom. The van der Waals surface area contributed by atoms with Gasteiger partial charge in [0.25, 0.3) is 15.1 Å². The minimum absolute atomic E-state index is 0.0106. The van der Waals surface area contributed by atoms with Gasteiger partial charge in [-0.3, -0.25) is 0 Å². The number of azo groups is 1. The summed E-state index contributed by atoms with van der Waals surface area (Å²) in [5.74, 6) is -3.65. The van der Waals surface area contributed by atoms with Crippen LogP contribution in [0, 0.1) is 0 Å². The first-order chi connectivity index (χ1) is 13.0. The molecule has 0 saturated heterocycles. The van der Waals surface area contributed by atoms with Crippen LogP contribution in [0.5, 0.6) is 0 Å². The summed E-state index contributed by atoms with van der Waals surface area (Å²) in [7, 11) is -1.48. The molecule has 0 bridgehead atoms. The van der Waals surface area contributed by atoms with Gasteiger partial charge in [-0.1, -0.05) is 36.5 Å². The van der Waals surface area contributed by atoms with Gasteiger partial charge in [-0.15, -0.1) is 20.4 Å². The van der Waals surface area contributed by atoms with E-state index in [0.29, 0.717) is 5.69 Å². The van der Waals surface area contributed by atoms with E-state index in [9.17, 15) is 17.5 Å². The topological polar surface area (TPSA) is 92.4 Å². The molecule has 0 N–H and O–H groups in total. The molecule has 1 aromatic carbocycles. The smallest absolute Gasteiger partial charge is 0.345 e. The van der Waals surface area contributed by atoms with Crippen molar-refractivity contribution in [2.45, 2.75) is 31.9 Å². The highest BCUT2D eigenvalue weighted by atomic mass is 32.2. The zero-order valence-electron chi connectivity index (χ0n) is 15.8. The zero-order chi connectivity index (χ0) is 21.1. The lowest BCUT2D eigenvalue weighted by molar-refractivity contribution is -0.000950. The number of halogens is 3. The van der Waals surface area contributed by atoms with Crippen molar-refractivity contribution >= 4 is 43.5 Å². The Bertz CT molecular complexity index is 978. The van der Waals surface area contributed by atoms with E-state index in [4.69, 9.17) is 0 Å². The van der Waals surface area contributed by atoms with Crippen molar-refractivity contribution in [1.82, 2.24) is 10.2 Å². The minimum atomic E-state index is -4.88. The van der Waals surface area contributed by atoms with Crippen LogP contribution >= 0.6 is 11.3 Å². The van der Waals surface area contributed by atoms with E-state index in [1.165, 1.54) is 23.5 Å². The Balaban J connectivity index is 2.51. The van der Waals surface area contributed by atoms with Crippen LogP contribution in [0.15, 0.2) is 32.8 Å². The van der Waals surface area contributed by atoms with Crippen LogP contribution in [0.3, 0.4) is 0 Å². The lowest BCUT2D eigenvalue weighted by atomic mass is 9.98. The third-order valence-electron chi connectivity index (χ3n) is 3.32. The van der Waals surface area contributed by atoms with Gasteiger partial charge in [0.1, 0.15) is 16.4 Å². The second-order valence-corrected chi connectivity index (χ2v) is 9.49. The van der Waals surface area contributed by atoms with Gasteiger partial charge < -0.3 is 4.90 Å². The fraction of sp³-hybridized carbons (Fsp3) is 0.467. The van der Waals surface area contributed by atoms with E-state index in [1.807, 2.05) is 20.8 Å². The maximum absolute atomic E-state index is 12.9. The molecule has 0 aliphatic carbocycles. The van der Waals surface area contributed by atoms with Crippen molar-refractivity contribution in [1.29, 1.82) is 0 Å². The average molecular weight is 436 g/mol. The minimum Gasteiger partial charge on any atom is -0.378 e. The molecule has 2 aromatic rings. The van der Waals surface area contributed by atoms with Crippen LogP contribution in [-0.2, 0) is 19.8 Å². The van der Waals surface area contributed by atoms with Crippen LogP contribution in [0.4, 0.5) is 35.5 Å². The summed E-state index contributed by atoms with van der Waals surface area (Å²) in [4.78, 5) is 1.65. The van der Waals surface area contributed by atoms with E-state index in [2.05, 4.69) is 29.2 Å². The van der Waals surface area contributed by atoms with Crippen molar-refractivity contribution in [3.63, 3.8) is 0 Å². The molecule has 13 heteroatoms. The quantitative estimate of drug-likeness (QED) is 0.561. The first-order valence-electron chi connectivity index (χ1n) is 7.87. The summed E-state index contributed by atoms with van der Waals surface area (Å²) in [5, 5.41) is 16.8. The van der Waals surface area contributed by atoms with Crippen molar-refractivity contribution < 1.29 is 21.9 Å². The molecule has 0 saturated carbocycles. The first-order valence-corrected chi connectivity index (χ1v) is 10.2. The van der Waals surface area contributed by atoms with E-state index in [1.54, 1.807) is 25.1 Å². The van der Waals surface area contributed by atoms with Crippen molar-refractivity contribution in [2.24, 2.45) is 14.6 Å². The Morgan fingerprint density at radius 3 is 2.36 bits per heavy atom. The molecular weight excluding hydrogens is 417 g/mol. The second-order valence-electron chi connectivity index (χ2n) is 6.84. The van der Waals surface area contributed by atoms with Gasteiger partial charge in [-0.2, -0.15) is 13.1 Å². The molecule has 0 fully saturated rings. The zero-order valence-corrected chi connectivity index (χ0v) is 17.4. The summed E-state index contributed by atoms with van der Waals surface area (Å²) in [6.07, 6.45) is 0. The highest BCUT2D eigenvalue weighted by Gasteiger charge is 2.26. The molecule has 2 rings (SSSR count). The van der Waals surface area contributed by atoms with E-state index >= 15 is 0 Å². The number of alkyl halides is 2. The second kappa shape index (κ2) is 8.49. The summed E-state index contributed by atoms with van der Waals surface area (Å²) in [6, 6.07) is 4.36. The van der Waals surface area contributed by atoms with Crippen molar-refractivity contribution in [2.75, 3.05) is 19.0 Å². The van der Waals surface area contributed by atoms with Gasteiger partial charge in [-0.05, 0) is 22.7 Å². The number of hydrogen-bond donors (Lipinski definition) is 0. The van der Waals surface area contributed by atoms with Gasteiger partial charge in [0.15, 0.2) is 0 Å². The largest absolute Gasteiger partial charge is 0.378 e. The first kappa shape index (κ1) is 22.2. The number of aromatic nitrogens is 2. The highest BCUT2D eigenvalue weighted by Crippen LogP contribution is 2.36. The lowest BCUT2D eigenvalue weighted by Gasteiger charge is -2.13. The lowest BCUT2D eigenvalue weighted by Crippen LogP contribution is -2.11. The molecule has 1 aromatic heterocycles. The van der Waals surface area contributed by atoms with Crippen LogP contribution < -0.4 is 4.90 Å². The molecule has 1 heterocycles. The summed E-state index contributed by atoms with van der Waals surface area (Å²) in [5.41, 5.74) is 0.0427. The highest BCUT2D eigenvalue weighted by molar-refractivity contribution is 7.89. The molecule has 0 spiro atoms. The van der Waals surface area contributed by atoms with Crippen LogP contribution in [0.1, 0.15) is 25.8 Å². The Morgan fingerprint density at radius 2 is 1.86 bits per heavy atom. The fourth-order valence-corrected chi connectivity index (χ4v) is 3.13. The third-order valence-corrected chi connectivity index (χ3v) is 5.63. The van der Waals surface area contributed by atoms with Crippen molar-refractivity contribution in [3.8, 4) is 0 Å². The maximum atomic E-state index is 12.9. The van der Waals surface area contributed by atoms with Gasteiger partial charge in [0, 0.05) is 25.2 Å². The number of rotatable bonds is 6. The normalized spacial score (nSPS) is 14.5. The predicted molar refractivity (Wildman–Crippen MR) is 102 cm³/mol. The van der Waals surface area contributed by atoms with Gasteiger partial charge in [0.2, 0.25) is 0 Å². The molecule has 1 atom stereocenters. The predicted octanol–water partition coefficient (Wildman–Crippen LogP) is 5.46. The molecular formula is C15H19F3N6O2S2. The Kier molecular flexibility index (Phi) is 6.72. The van der Waals surface area contributed by atoms with E-state index in [0.717, 1.165) is 5.01 Å². The number of nitrogens with zero attached hydrogens (tertiary/aromatic N) is 6. The summed E-state index contributed by atoms with van der Waals surface area (Å²) < 4.78 is 56.4. The Hall–Kier alpha value is -2.12. The van der Waals surface area contributed by atoms with E-state index < -0.39 is 15.8 Å². The molecule has 0 amide bonds. The third kappa shape index (κ3) is 5.23. The average Bonchev–Trinajstić information content (AvgIpc) is 3.09. The SMILES string of the molecule is CN(C)c1ccc(N=Nc2nnc(C(C)(C)C)s2)c(N=S(=O)(OF)C(F)F)c1. The van der Waals surface area contributed by atoms with Gasteiger partial charge in [-0.25, -0.2) is 4.21 Å².